The molecule has 0 saturated heterocycles. The summed E-state index contributed by atoms with van der Waals surface area (Å²) in [5.41, 5.74) is 1.76. The molecule has 5 heteroatoms. The number of ether oxygens (including phenoxy) is 2. The van der Waals surface area contributed by atoms with Crippen LogP contribution in [-0.2, 0) is 0 Å². The maximum absolute atomic E-state index is 10.3. The normalized spacial score (nSPS) is 20.6. The van der Waals surface area contributed by atoms with E-state index in [9.17, 15) is 5.11 Å². The third kappa shape index (κ3) is 2.89. The highest BCUT2D eigenvalue weighted by molar-refractivity contribution is 9.10. The molecule has 0 radical (unpaired) electrons. The molecule has 1 heterocycles. The Balaban J connectivity index is 1.94. The van der Waals surface area contributed by atoms with Crippen LogP contribution in [0.15, 0.2) is 40.9 Å². The van der Waals surface area contributed by atoms with Gasteiger partial charge in [-0.15, -0.1) is 0 Å². The predicted octanol–water partition coefficient (Wildman–Crippen LogP) is 4.67. The minimum atomic E-state index is -0.556. The topological polar surface area (TPSA) is 38.7 Å². The van der Waals surface area contributed by atoms with Gasteiger partial charge in [-0.2, -0.15) is 0 Å². The molecule has 3 rings (SSSR count). The highest BCUT2D eigenvalue weighted by Gasteiger charge is 2.28. The molecule has 110 valence electrons. The van der Waals surface area contributed by atoms with Crippen LogP contribution in [0.25, 0.3) is 0 Å². The quantitative estimate of drug-likeness (QED) is 0.836. The van der Waals surface area contributed by atoms with Gasteiger partial charge in [-0.25, -0.2) is 0 Å². The molecule has 0 spiro atoms. The maximum atomic E-state index is 10.3. The zero-order chi connectivity index (χ0) is 15.0. The second-order valence-corrected chi connectivity index (χ2v) is 6.20. The monoisotopic (exact) mass is 368 g/mol. The number of aliphatic hydroxyl groups excluding tert-OH is 1. The van der Waals surface area contributed by atoms with Gasteiger partial charge >= 0.3 is 0 Å². The Kier molecular flexibility index (Phi) is 4.11. The van der Waals surface area contributed by atoms with Crippen LogP contribution in [0, 0.1) is 0 Å². The molecule has 0 bridgehead atoms. The van der Waals surface area contributed by atoms with E-state index in [4.69, 9.17) is 21.1 Å². The van der Waals surface area contributed by atoms with Crippen LogP contribution >= 0.6 is 27.5 Å². The average Bonchev–Trinajstić information content (AvgIpc) is 2.49. The first-order valence-corrected chi connectivity index (χ1v) is 7.73. The summed E-state index contributed by atoms with van der Waals surface area (Å²) >= 11 is 9.43. The van der Waals surface area contributed by atoms with E-state index in [1.165, 1.54) is 0 Å². The lowest BCUT2D eigenvalue weighted by molar-refractivity contribution is 0.0654. The van der Waals surface area contributed by atoms with E-state index in [-0.39, 0.29) is 6.10 Å². The largest absolute Gasteiger partial charge is 0.497 e. The molecule has 21 heavy (non-hydrogen) atoms. The van der Waals surface area contributed by atoms with E-state index in [1.54, 1.807) is 13.2 Å². The molecule has 2 aromatic rings. The Morgan fingerprint density at radius 3 is 2.81 bits per heavy atom. The lowest BCUT2D eigenvalue weighted by Crippen LogP contribution is -2.19. The summed E-state index contributed by atoms with van der Waals surface area (Å²) in [5, 5.41) is 11.0. The van der Waals surface area contributed by atoms with Crippen molar-refractivity contribution in [1.82, 2.24) is 0 Å². The fourth-order valence-corrected chi connectivity index (χ4v) is 2.98. The average molecular weight is 370 g/mol. The molecule has 0 saturated carbocycles. The Labute approximate surface area is 136 Å². The zero-order valence-electron chi connectivity index (χ0n) is 11.3. The minimum Gasteiger partial charge on any atom is -0.497 e. The van der Waals surface area contributed by atoms with Gasteiger partial charge in [-0.3, -0.25) is 0 Å². The first-order valence-electron chi connectivity index (χ1n) is 6.56. The molecule has 3 nitrogen and oxygen atoms in total. The number of halogens is 2. The van der Waals surface area contributed by atoms with E-state index >= 15 is 0 Å². The highest BCUT2D eigenvalue weighted by atomic mass is 79.9. The summed E-state index contributed by atoms with van der Waals surface area (Å²) in [6, 6.07) is 11.1. The SMILES string of the molecule is COc1ccc2c(c1)OC(c1ccc(Cl)c(Br)c1)C[C@@H]2O. The number of fused-ring (bicyclic) bond motifs is 1. The second-order valence-electron chi connectivity index (χ2n) is 4.94. The molecule has 1 aliphatic heterocycles. The van der Waals surface area contributed by atoms with Crippen molar-refractivity contribution in [1.29, 1.82) is 0 Å². The van der Waals surface area contributed by atoms with Gasteiger partial charge in [0, 0.05) is 22.5 Å². The molecule has 0 aliphatic carbocycles. The maximum Gasteiger partial charge on any atom is 0.129 e. The van der Waals surface area contributed by atoms with Gasteiger partial charge < -0.3 is 14.6 Å². The number of benzene rings is 2. The minimum absolute atomic E-state index is 0.215. The molecule has 1 unspecified atom stereocenters. The third-order valence-corrected chi connectivity index (χ3v) is 4.82. The van der Waals surface area contributed by atoms with Crippen LogP contribution in [0.4, 0.5) is 0 Å². The van der Waals surface area contributed by atoms with Gasteiger partial charge in [0.15, 0.2) is 0 Å². The summed E-state index contributed by atoms with van der Waals surface area (Å²) in [7, 11) is 1.61. The van der Waals surface area contributed by atoms with Crippen molar-refractivity contribution in [3.05, 3.63) is 57.0 Å². The van der Waals surface area contributed by atoms with E-state index in [1.807, 2.05) is 30.3 Å². The predicted molar refractivity (Wildman–Crippen MR) is 85.1 cm³/mol. The molecule has 0 aromatic heterocycles. The van der Waals surface area contributed by atoms with Gasteiger partial charge in [0.2, 0.25) is 0 Å². The molecular weight excluding hydrogens is 356 g/mol. The van der Waals surface area contributed by atoms with E-state index in [0.29, 0.717) is 22.9 Å². The Morgan fingerprint density at radius 2 is 2.10 bits per heavy atom. The highest BCUT2D eigenvalue weighted by Crippen LogP contribution is 2.43. The van der Waals surface area contributed by atoms with Crippen molar-refractivity contribution >= 4 is 27.5 Å². The first-order chi connectivity index (χ1) is 10.1. The molecule has 2 aromatic carbocycles. The van der Waals surface area contributed by atoms with Crippen LogP contribution in [0.1, 0.15) is 29.8 Å². The lowest BCUT2D eigenvalue weighted by Gasteiger charge is -2.30. The van der Waals surface area contributed by atoms with E-state index in [0.717, 1.165) is 15.6 Å². The van der Waals surface area contributed by atoms with Crippen molar-refractivity contribution in [3.8, 4) is 11.5 Å². The fourth-order valence-electron chi connectivity index (χ4n) is 2.47. The van der Waals surface area contributed by atoms with Crippen molar-refractivity contribution < 1.29 is 14.6 Å². The second kappa shape index (κ2) is 5.87. The number of hydrogen-bond donors (Lipinski definition) is 1. The van der Waals surface area contributed by atoms with Gasteiger partial charge in [0.1, 0.15) is 17.6 Å². The number of rotatable bonds is 2. The molecular formula is C16H14BrClO3. The van der Waals surface area contributed by atoms with Crippen LogP contribution in [0.5, 0.6) is 11.5 Å². The van der Waals surface area contributed by atoms with Crippen LogP contribution in [0.2, 0.25) is 5.02 Å². The Hall–Kier alpha value is -1.23. The molecule has 1 N–H and O–H groups in total. The van der Waals surface area contributed by atoms with Crippen molar-refractivity contribution in [2.75, 3.05) is 7.11 Å². The standard InChI is InChI=1S/C16H14BrClO3/c1-20-10-3-4-11-14(19)8-15(21-16(11)7-10)9-2-5-13(18)12(17)6-9/h2-7,14-15,19H,8H2,1H3/t14-,15?/m0/s1. The summed E-state index contributed by atoms with van der Waals surface area (Å²) in [6.45, 7) is 0. The Bertz CT molecular complexity index is 675. The molecule has 2 atom stereocenters. The van der Waals surface area contributed by atoms with Crippen molar-refractivity contribution in [3.63, 3.8) is 0 Å². The number of hydrogen-bond acceptors (Lipinski definition) is 3. The van der Waals surface area contributed by atoms with E-state index in [2.05, 4.69) is 15.9 Å². The van der Waals surface area contributed by atoms with Gasteiger partial charge in [0.05, 0.1) is 18.2 Å². The molecule has 0 fully saturated rings. The van der Waals surface area contributed by atoms with Gasteiger partial charge in [-0.05, 0) is 45.8 Å². The van der Waals surface area contributed by atoms with Crippen molar-refractivity contribution in [2.24, 2.45) is 0 Å². The van der Waals surface area contributed by atoms with Gasteiger partial charge in [0.25, 0.3) is 0 Å². The smallest absolute Gasteiger partial charge is 0.129 e. The van der Waals surface area contributed by atoms with Gasteiger partial charge in [-0.1, -0.05) is 17.7 Å². The van der Waals surface area contributed by atoms with E-state index < -0.39 is 6.10 Å². The fraction of sp³-hybridized carbons (Fsp3) is 0.250. The third-order valence-electron chi connectivity index (χ3n) is 3.60. The molecule has 1 aliphatic rings. The summed E-state index contributed by atoms with van der Waals surface area (Å²) in [5.74, 6) is 1.36. The lowest BCUT2D eigenvalue weighted by atomic mass is 9.95. The first kappa shape index (κ1) is 14.7. The molecule has 0 amide bonds. The summed E-state index contributed by atoms with van der Waals surface area (Å²) < 4.78 is 12.0. The zero-order valence-corrected chi connectivity index (χ0v) is 13.7. The van der Waals surface area contributed by atoms with Crippen LogP contribution in [-0.4, -0.2) is 12.2 Å². The van der Waals surface area contributed by atoms with Crippen LogP contribution in [0.3, 0.4) is 0 Å². The summed E-state index contributed by atoms with van der Waals surface area (Å²) in [4.78, 5) is 0. The number of methoxy groups -OCH3 is 1. The van der Waals surface area contributed by atoms with Crippen LogP contribution < -0.4 is 9.47 Å². The number of aliphatic hydroxyl groups is 1. The summed E-state index contributed by atoms with van der Waals surface area (Å²) in [6.07, 6.45) is -0.264. The van der Waals surface area contributed by atoms with Crippen molar-refractivity contribution in [2.45, 2.75) is 18.6 Å². The Morgan fingerprint density at radius 1 is 1.29 bits per heavy atom.